The highest BCUT2D eigenvalue weighted by molar-refractivity contribution is 5.79. The molecule has 1 N–H and O–H groups in total. The lowest BCUT2D eigenvalue weighted by atomic mass is 9.96. The summed E-state index contributed by atoms with van der Waals surface area (Å²) in [5, 5.41) is 11.6. The number of carbonyl (C=O) groups is 1. The summed E-state index contributed by atoms with van der Waals surface area (Å²) >= 11 is 0. The van der Waals surface area contributed by atoms with Crippen LogP contribution in [0, 0.1) is 11.7 Å². The van der Waals surface area contributed by atoms with E-state index in [9.17, 15) is 9.18 Å². The number of anilines is 1. The Hall–Kier alpha value is -3.28. The number of benzene rings is 2. The summed E-state index contributed by atoms with van der Waals surface area (Å²) in [6, 6.07) is 20.0. The maximum absolute atomic E-state index is 13.1. The molecule has 0 unspecified atom stereocenters. The normalized spacial score (nSPS) is 14.6. The van der Waals surface area contributed by atoms with E-state index in [1.165, 1.54) is 12.1 Å². The maximum atomic E-state index is 13.1. The van der Waals surface area contributed by atoms with E-state index >= 15 is 0 Å². The van der Waals surface area contributed by atoms with Gasteiger partial charge in [0.05, 0.1) is 5.69 Å². The van der Waals surface area contributed by atoms with Crippen molar-refractivity contribution >= 4 is 11.7 Å². The molecule has 5 nitrogen and oxygen atoms in total. The molecule has 1 amide bonds. The number of rotatable bonds is 5. The lowest BCUT2D eigenvalue weighted by Crippen LogP contribution is -2.40. The van der Waals surface area contributed by atoms with Crippen LogP contribution in [0.25, 0.3) is 11.3 Å². The Labute approximate surface area is 169 Å². The Morgan fingerprint density at radius 1 is 0.966 bits per heavy atom. The number of nitrogens with one attached hydrogen (secondary N) is 1. The Bertz CT molecular complexity index is 937. The Kier molecular flexibility index (Phi) is 5.79. The molecule has 1 aliphatic heterocycles. The van der Waals surface area contributed by atoms with Crippen LogP contribution in [0.3, 0.4) is 0 Å². The monoisotopic (exact) mass is 390 g/mol. The average molecular weight is 390 g/mol. The van der Waals surface area contributed by atoms with Gasteiger partial charge in [0.15, 0.2) is 5.82 Å². The van der Waals surface area contributed by atoms with Gasteiger partial charge in [0.1, 0.15) is 5.82 Å². The Morgan fingerprint density at radius 3 is 2.34 bits per heavy atom. The highest BCUT2D eigenvalue weighted by Gasteiger charge is 2.25. The minimum absolute atomic E-state index is 0.0291. The molecule has 0 saturated carbocycles. The minimum atomic E-state index is -0.269. The highest BCUT2D eigenvalue weighted by Crippen LogP contribution is 2.23. The number of amides is 1. The second-order valence-electron chi connectivity index (χ2n) is 7.25. The van der Waals surface area contributed by atoms with Gasteiger partial charge in [0.2, 0.25) is 5.91 Å². The van der Waals surface area contributed by atoms with Gasteiger partial charge in [-0.1, -0.05) is 30.3 Å². The van der Waals surface area contributed by atoms with E-state index in [-0.39, 0.29) is 17.6 Å². The third-order valence-corrected chi connectivity index (χ3v) is 5.29. The smallest absolute Gasteiger partial charge is 0.223 e. The molecule has 0 radical (unpaired) electrons. The van der Waals surface area contributed by atoms with E-state index in [1.807, 2.05) is 42.5 Å². The predicted molar refractivity (Wildman–Crippen MR) is 111 cm³/mol. The molecule has 4 rings (SSSR count). The summed E-state index contributed by atoms with van der Waals surface area (Å²) in [5.41, 5.74) is 2.65. The van der Waals surface area contributed by atoms with Crippen LogP contribution in [-0.2, 0) is 11.3 Å². The number of hydrogen-bond donors (Lipinski definition) is 1. The third kappa shape index (κ3) is 4.77. The summed E-state index contributed by atoms with van der Waals surface area (Å²) < 4.78 is 13.1. The molecular weight excluding hydrogens is 367 g/mol. The van der Waals surface area contributed by atoms with E-state index in [2.05, 4.69) is 20.4 Å². The second kappa shape index (κ2) is 8.82. The zero-order chi connectivity index (χ0) is 20.1. The number of hydrogen-bond acceptors (Lipinski definition) is 4. The second-order valence-corrected chi connectivity index (χ2v) is 7.25. The van der Waals surface area contributed by atoms with E-state index in [4.69, 9.17) is 0 Å². The summed E-state index contributed by atoms with van der Waals surface area (Å²) in [7, 11) is 0. The number of nitrogens with zero attached hydrogens (tertiary/aromatic N) is 3. The van der Waals surface area contributed by atoms with Gasteiger partial charge in [0, 0.05) is 31.1 Å². The van der Waals surface area contributed by atoms with Crippen molar-refractivity contribution in [1.29, 1.82) is 0 Å². The summed E-state index contributed by atoms with van der Waals surface area (Å²) in [6.07, 6.45) is 1.59. The van der Waals surface area contributed by atoms with Crippen LogP contribution >= 0.6 is 0 Å². The standard InChI is InChI=1S/C23H23FN4O/c24-20-8-6-18(7-9-20)21-10-11-22(27-26-21)28-14-12-19(13-15-28)23(29)25-16-17-4-2-1-3-5-17/h1-11,19H,12-16H2,(H,25,29). The number of piperidine rings is 1. The van der Waals surface area contributed by atoms with Gasteiger partial charge in [0.25, 0.3) is 0 Å². The Morgan fingerprint density at radius 2 is 1.69 bits per heavy atom. The predicted octanol–water partition coefficient (Wildman–Crippen LogP) is 3.82. The molecule has 0 bridgehead atoms. The summed E-state index contributed by atoms with van der Waals surface area (Å²) in [4.78, 5) is 14.6. The number of halogens is 1. The molecule has 1 saturated heterocycles. The largest absolute Gasteiger partial charge is 0.355 e. The highest BCUT2D eigenvalue weighted by atomic mass is 19.1. The molecule has 0 atom stereocenters. The van der Waals surface area contributed by atoms with E-state index in [0.29, 0.717) is 12.2 Å². The fourth-order valence-corrected chi connectivity index (χ4v) is 3.57. The van der Waals surface area contributed by atoms with Crippen LogP contribution in [-0.4, -0.2) is 29.2 Å². The van der Waals surface area contributed by atoms with Crippen LogP contribution < -0.4 is 10.2 Å². The van der Waals surface area contributed by atoms with Gasteiger partial charge in [-0.2, -0.15) is 0 Å². The van der Waals surface area contributed by atoms with Crippen molar-refractivity contribution in [3.63, 3.8) is 0 Å². The minimum Gasteiger partial charge on any atom is -0.355 e. The summed E-state index contributed by atoms with van der Waals surface area (Å²) in [6.45, 7) is 2.11. The third-order valence-electron chi connectivity index (χ3n) is 5.29. The molecule has 2 aromatic carbocycles. The van der Waals surface area contributed by atoms with Gasteiger partial charge < -0.3 is 10.2 Å². The topological polar surface area (TPSA) is 58.1 Å². The van der Waals surface area contributed by atoms with Crippen LogP contribution in [0.1, 0.15) is 18.4 Å². The van der Waals surface area contributed by atoms with Gasteiger partial charge in [-0.15, -0.1) is 10.2 Å². The van der Waals surface area contributed by atoms with Crippen LogP contribution in [0.15, 0.2) is 66.7 Å². The quantitative estimate of drug-likeness (QED) is 0.720. The lowest BCUT2D eigenvalue weighted by molar-refractivity contribution is -0.125. The van der Waals surface area contributed by atoms with Crippen LogP contribution in [0.4, 0.5) is 10.2 Å². The van der Waals surface area contributed by atoms with Crippen molar-refractivity contribution in [3.05, 3.63) is 78.1 Å². The summed E-state index contributed by atoms with van der Waals surface area (Å²) in [5.74, 6) is 0.681. The maximum Gasteiger partial charge on any atom is 0.223 e. The molecular formula is C23H23FN4O. The van der Waals surface area contributed by atoms with E-state index < -0.39 is 0 Å². The van der Waals surface area contributed by atoms with Gasteiger partial charge >= 0.3 is 0 Å². The number of aromatic nitrogens is 2. The fourth-order valence-electron chi connectivity index (χ4n) is 3.57. The van der Waals surface area contributed by atoms with Crippen molar-refractivity contribution < 1.29 is 9.18 Å². The first-order valence-corrected chi connectivity index (χ1v) is 9.85. The van der Waals surface area contributed by atoms with Gasteiger partial charge in [-0.25, -0.2) is 4.39 Å². The molecule has 1 fully saturated rings. The van der Waals surface area contributed by atoms with Crippen molar-refractivity contribution in [2.45, 2.75) is 19.4 Å². The first-order chi connectivity index (χ1) is 14.2. The molecule has 6 heteroatoms. The Balaban J connectivity index is 1.30. The molecule has 0 aliphatic carbocycles. The van der Waals surface area contributed by atoms with Crippen molar-refractivity contribution in [1.82, 2.24) is 15.5 Å². The molecule has 0 spiro atoms. The average Bonchev–Trinajstić information content (AvgIpc) is 2.79. The van der Waals surface area contributed by atoms with E-state index in [1.54, 1.807) is 12.1 Å². The molecule has 3 aromatic rings. The number of carbonyl (C=O) groups excluding carboxylic acids is 1. The van der Waals surface area contributed by atoms with Crippen molar-refractivity contribution in [2.75, 3.05) is 18.0 Å². The zero-order valence-electron chi connectivity index (χ0n) is 16.1. The zero-order valence-corrected chi connectivity index (χ0v) is 16.1. The van der Waals surface area contributed by atoms with Crippen molar-refractivity contribution in [3.8, 4) is 11.3 Å². The lowest BCUT2D eigenvalue weighted by Gasteiger charge is -2.31. The molecule has 29 heavy (non-hydrogen) atoms. The first kappa shape index (κ1) is 19.1. The SMILES string of the molecule is O=C(NCc1ccccc1)C1CCN(c2ccc(-c3ccc(F)cc3)nn2)CC1. The van der Waals surface area contributed by atoms with Crippen molar-refractivity contribution in [2.24, 2.45) is 5.92 Å². The molecule has 1 aliphatic rings. The molecule has 2 heterocycles. The van der Waals surface area contributed by atoms with Crippen LogP contribution in [0.5, 0.6) is 0 Å². The fraction of sp³-hybridized carbons (Fsp3) is 0.261. The van der Waals surface area contributed by atoms with E-state index in [0.717, 1.165) is 42.9 Å². The van der Waals surface area contributed by atoms with Gasteiger partial charge in [-0.3, -0.25) is 4.79 Å². The molecule has 1 aromatic heterocycles. The van der Waals surface area contributed by atoms with Crippen LogP contribution in [0.2, 0.25) is 0 Å². The first-order valence-electron chi connectivity index (χ1n) is 9.85. The van der Waals surface area contributed by atoms with Gasteiger partial charge in [-0.05, 0) is 54.8 Å². The molecule has 148 valence electrons.